The van der Waals surface area contributed by atoms with Crippen LogP contribution >= 0.6 is 0 Å². The van der Waals surface area contributed by atoms with Crippen molar-refractivity contribution in [2.75, 3.05) is 0 Å². The lowest BCUT2D eigenvalue weighted by Gasteiger charge is -2.12. The maximum atomic E-state index is 4.21. The van der Waals surface area contributed by atoms with Gasteiger partial charge in [-0.05, 0) is 26.2 Å². The van der Waals surface area contributed by atoms with Crippen molar-refractivity contribution in [1.82, 2.24) is 14.9 Å². The SMILES string of the molecule is C=CCC(C)NCc1cncn1C1CC1. The van der Waals surface area contributed by atoms with Crippen LogP contribution in [0.25, 0.3) is 0 Å². The predicted molar refractivity (Wildman–Crippen MR) is 61.6 cm³/mol. The van der Waals surface area contributed by atoms with Gasteiger partial charge in [-0.2, -0.15) is 0 Å². The lowest BCUT2D eigenvalue weighted by molar-refractivity contribution is 0.531. The number of imidazole rings is 1. The van der Waals surface area contributed by atoms with E-state index in [1.165, 1.54) is 18.5 Å². The third kappa shape index (κ3) is 2.69. The first kappa shape index (κ1) is 10.4. The highest BCUT2D eigenvalue weighted by atomic mass is 15.1. The largest absolute Gasteiger partial charge is 0.330 e. The molecular formula is C12H19N3. The third-order valence-corrected chi connectivity index (χ3v) is 2.84. The van der Waals surface area contributed by atoms with Crippen LogP contribution in [0.1, 0.15) is 37.9 Å². The molecule has 1 aromatic heterocycles. The molecule has 1 fully saturated rings. The van der Waals surface area contributed by atoms with Crippen LogP contribution in [0, 0.1) is 0 Å². The molecule has 1 N–H and O–H groups in total. The van der Waals surface area contributed by atoms with Gasteiger partial charge in [0.1, 0.15) is 0 Å². The summed E-state index contributed by atoms with van der Waals surface area (Å²) in [4.78, 5) is 4.21. The highest BCUT2D eigenvalue weighted by molar-refractivity contribution is 5.03. The Kier molecular flexibility index (Phi) is 3.21. The predicted octanol–water partition coefficient (Wildman–Crippen LogP) is 2.27. The molecule has 1 unspecified atom stereocenters. The Morgan fingerprint density at radius 2 is 2.53 bits per heavy atom. The fraction of sp³-hybridized carbons (Fsp3) is 0.583. The standard InChI is InChI=1S/C12H19N3/c1-3-4-10(2)14-8-12-7-13-9-15(12)11-5-6-11/h3,7,9-11,14H,1,4-6,8H2,2H3. The van der Waals surface area contributed by atoms with E-state index in [9.17, 15) is 0 Å². The van der Waals surface area contributed by atoms with Gasteiger partial charge in [-0.15, -0.1) is 6.58 Å². The van der Waals surface area contributed by atoms with Gasteiger partial charge in [0.25, 0.3) is 0 Å². The smallest absolute Gasteiger partial charge is 0.0951 e. The Labute approximate surface area is 91.2 Å². The molecule has 1 aliphatic rings. The van der Waals surface area contributed by atoms with E-state index >= 15 is 0 Å². The molecule has 0 aromatic carbocycles. The van der Waals surface area contributed by atoms with Gasteiger partial charge in [0.2, 0.25) is 0 Å². The molecule has 0 saturated heterocycles. The molecule has 2 rings (SSSR count). The van der Waals surface area contributed by atoms with Crippen molar-refractivity contribution in [3.8, 4) is 0 Å². The maximum absolute atomic E-state index is 4.21. The molecule has 1 aliphatic carbocycles. The summed E-state index contributed by atoms with van der Waals surface area (Å²) in [5, 5.41) is 3.48. The lowest BCUT2D eigenvalue weighted by atomic mass is 10.2. The summed E-state index contributed by atoms with van der Waals surface area (Å²) in [6.45, 7) is 6.83. The summed E-state index contributed by atoms with van der Waals surface area (Å²) < 4.78 is 2.30. The first-order valence-electron chi connectivity index (χ1n) is 5.66. The summed E-state index contributed by atoms with van der Waals surface area (Å²) in [7, 11) is 0. The molecule has 3 heteroatoms. The lowest BCUT2D eigenvalue weighted by Crippen LogP contribution is -2.25. The molecule has 0 radical (unpaired) electrons. The number of aromatic nitrogens is 2. The summed E-state index contributed by atoms with van der Waals surface area (Å²) in [5.74, 6) is 0. The number of hydrogen-bond donors (Lipinski definition) is 1. The summed E-state index contributed by atoms with van der Waals surface area (Å²) in [6, 6.07) is 1.21. The highest BCUT2D eigenvalue weighted by Crippen LogP contribution is 2.35. The van der Waals surface area contributed by atoms with Crippen molar-refractivity contribution in [3.05, 3.63) is 30.9 Å². The van der Waals surface area contributed by atoms with Crippen LogP contribution in [-0.4, -0.2) is 15.6 Å². The van der Waals surface area contributed by atoms with Crippen LogP contribution in [0.5, 0.6) is 0 Å². The number of nitrogens with one attached hydrogen (secondary N) is 1. The second-order valence-corrected chi connectivity index (χ2v) is 4.33. The zero-order valence-electron chi connectivity index (χ0n) is 9.32. The summed E-state index contributed by atoms with van der Waals surface area (Å²) >= 11 is 0. The number of rotatable bonds is 6. The van der Waals surface area contributed by atoms with E-state index in [1.807, 2.05) is 18.6 Å². The molecule has 3 nitrogen and oxygen atoms in total. The first-order valence-corrected chi connectivity index (χ1v) is 5.66. The Morgan fingerprint density at radius 3 is 3.20 bits per heavy atom. The molecule has 0 amide bonds. The molecule has 0 spiro atoms. The van der Waals surface area contributed by atoms with Crippen molar-refractivity contribution in [3.63, 3.8) is 0 Å². The molecule has 1 saturated carbocycles. The van der Waals surface area contributed by atoms with E-state index in [2.05, 4.69) is 28.4 Å². The summed E-state index contributed by atoms with van der Waals surface area (Å²) in [5.41, 5.74) is 1.30. The molecule has 0 aliphatic heterocycles. The van der Waals surface area contributed by atoms with Crippen molar-refractivity contribution in [1.29, 1.82) is 0 Å². The zero-order chi connectivity index (χ0) is 10.7. The second-order valence-electron chi connectivity index (χ2n) is 4.33. The minimum absolute atomic E-state index is 0.491. The maximum Gasteiger partial charge on any atom is 0.0951 e. The van der Waals surface area contributed by atoms with Gasteiger partial charge in [-0.1, -0.05) is 6.08 Å². The van der Waals surface area contributed by atoms with Gasteiger partial charge < -0.3 is 9.88 Å². The van der Waals surface area contributed by atoms with Gasteiger partial charge in [-0.3, -0.25) is 0 Å². The van der Waals surface area contributed by atoms with Crippen LogP contribution in [0.3, 0.4) is 0 Å². The Balaban J connectivity index is 1.87. The van der Waals surface area contributed by atoms with Crippen LogP contribution in [0.2, 0.25) is 0 Å². The molecule has 1 heterocycles. The fourth-order valence-corrected chi connectivity index (χ4v) is 1.76. The quantitative estimate of drug-likeness (QED) is 0.722. The van der Waals surface area contributed by atoms with E-state index in [0.717, 1.165) is 19.0 Å². The van der Waals surface area contributed by atoms with Gasteiger partial charge in [0, 0.05) is 24.8 Å². The molecular weight excluding hydrogens is 186 g/mol. The third-order valence-electron chi connectivity index (χ3n) is 2.84. The van der Waals surface area contributed by atoms with Crippen LogP contribution in [0.15, 0.2) is 25.2 Å². The molecule has 1 aromatic rings. The number of nitrogens with zero attached hydrogens (tertiary/aromatic N) is 2. The van der Waals surface area contributed by atoms with Gasteiger partial charge in [-0.25, -0.2) is 4.98 Å². The van der Waals surface area contributed by atoms with E-state index in [0.29, 0.717) is 6.04 Å². The highest BCUT2D eigenvalue weighted by Gasteiger charge is 2.24. The Hall–Kier alpha value is -1.09. The molecule has 0 bridgehead atoms. The average molecular weight is 205 g/mol. The molecule has 82 valence electrons. The van der Waals surface area contributed by atoms with Crippen LogP contribution in [0.4, 0.5) is 0 Å². The van der Waals surface area contributed by atoms with E-state index in [-0.39, 0.29) is 0 Å². The molecule has 1 atom stereocenters. The Morgan fingerprint density at radius 1 is 1.73 bits per heavy atom. The van der Waals surface area contributed by atoms with Crippen LogP contribution in [-0.2, 0) is 6.54 Å². The second kappa shape index (κ2) is 4.62. The van der Waals surface area contributed by atoms with Gasteiger partial charge in [0.15, 0.2) is 0 Å². The minimum atomic E-state index is 0.491. The fourth-order valence-electron chi connectivity index (χ4n) is 1.76. The van der Waals surface area contributed by atoms with Crippen molar-refractivity contribution in [2.24, 2.45) is 0 Å². The van der Waals surface area contributed by atoms with Gasteiger partial charge in [0.05, 0.1) is 12.0 Å². The van der Waals surface area contributed by atoms with Gasteiger partial charge >= 0.3 is 0 Å². The van der Waals surface area contributed by atoms with Crippen LogP contribution < -0.4 is 5.32 Å². The zero-order valence-corrected chi connectivity index (χ0v) is 9.32. The van der Waals surface area contributed by atoms with Crippen molar-refractivity contribution in [2.45, 2.75) is 44.8 Å². The number of hydrogen-bond acceptors (Lipinski definition) is 2. The first-order chi connectivity index (χ1) is 7.31. The van der Waals surface area contributed by atoms with Crippen molar-refractivity contribution >= 4 is 0 Å². The van der Waals surface area contributed by atoms with E-state index < -0.39 is 0 Å². The topological polar surface area (TPSA) is 29.9 Å². The molecule has 15 heavy (non-hydrogen) atoms. The van der Waals surface area contributed by atoms with Crippen molar-refractivity contribution < 1.29 is 0 Å². The van der Waals surface area contributed by atoms with E-state index in [4.69, 9.17) is 0 Å². The monoisotopic (exact) mass is 205 g/mol. The average Bonchev–Trinajstić information content (AvgIpc) is 2.96. The van der Waals surface area contributed by atoms with E-state index in [1.54, 1.807) is 0 Å². The minimum Gasteiger partial charge on any atom is -0.330 e. The normalized spacial score (nSPS) is 17.7. The summed E-state index contributed by atoms with van der Waals surface area (Å²) in [6.07, 6.45) is 9.50. The Bertz CT molecular complexity index is 325.